The van der Waals surface area contributed by atoms with Gasteiger partial charge in [-0.3, -0.25) is 9.69 Å². The first-order chi connectivity index (χ1) is 10.7. The van der Waals surface area contributed by atoms with E-state index >= 15 is 0 Å². The molecule has 0 radical (unpaired) electrons. The molecule has 3 aliphatic heterocycles. The summed E-state index contributed by atoms with van der Waals surface area (Å²) in [5.74, 6) is -0.618. The van der Waals surface area contributed by atoms with Gasteiger partial charge in [0.15, 0.2) is 5.79 Å². The normalized spacial score (nSPS) is 31.0. The Morgan fingerprint density at radius 3 is 2.59 bits per heavy atom. The largest absolute Gasteiger partial charge is 0.355 e. The summed E-state index contributed by atoms with van der Waals surface area (Å²) in [5.41, 5.74) is 0.719. The van der Waals surface area contributed by atoms with E-state index in [1.54, 1.807) is 0 Å². The minimum atomic E-state index is -0.708. The first-order valence-electron chi connectivity index (χ1n) is 8.07. The molecule has 2 spiro atoms. The predicted molar refractivity (Wildman–Crippen MR) is 81.0 cm³/mol. The van der Waals surface area contributed by atoms with E-state index < -0.39 is 11.2 Å². The number of nitrogens with one attached hydrogen (secondary N) is 1. The number of benzene rings is 1. The molecule has 3 saturated heterocycles. The van der Waals surface area contributed by atoms with Crippen LogP contribution in [-0.2, 0) is 20.8 Å². The second kappa shape index (κ2) is 5.33. The topological polar surface area (TPSA) is 50.8 Å². The van der Waals surface area contributed by atoms with Crippen LogP contribution in [0.3, 0.4) is 0 Å². The number of piperidine rings is 1. The van der Waals surface area contributed by atoms with E-state index in [1.807, 2.05) is 6.07 Å². The van der Waals surface area contributed by atoms with Gasteiger partial charge in [0.25, 0.3) is 0 Å². The van der Waals surface area contributed by atoms with Gasteiger partial charge >= 0.3 is 0 Å². The molecule has 3 fully saturated rings. The number of likely N-dealkylation sites (tertiary alicyclic amines) is 1. The third-order valence-corrected chi connectivity index (χ3v) is 5.25. The third kappa shape index (κ3) is 2.07. The molecule has 1 amide bonds. The summed E-state index contributed by atoms with van der Waals surface area (Å²) in [7, 11) is 0. The number of carbonyl (C=O) groups is 1. The molecular weight excluding hydrogens is 280 g/mol. The molecule has 3 heterocycles. The standard InChI is InChI=1S/C17H22N2O3/c20-15-16(6-8-18-15)13-19(12-14-4-2-1-3-5-14)9-7-17(16)21-10-11-22-17/h1-5H,6-13H2,(H,18,20)/t16-/m1/s1. The highest BCUT2D eigenvalue weighted by Gasteiger charge is 2.64. The Morgan fingerprint density at radius 1 is 1.14 bits per heavy atom. The molecule has 3 aliphatic rings. The van der Waals surface area contributed by atoms with E-state index in [2.05, 4.69) is 34.5 Å². The van der Waals surface area contributed by atoms with Crippen molar-refractivity contribution in [2.75, 3.05) is 32.8 Å². The van der Waals surface area contributed by atoms with E-state index in [0.717, 1.165) is 25.9 Å². The molecule has 1 aromatic carbocycles. The number of hydrogen-bond acceptors (Lipinski definition) is 4. The van der Waals surface area contributed by atoms with Crippen LogP contribution in [0.4, 0.5) is 0 Å². The van der Waals surface area contributed by atoms with Crippen molar-refractivity contribution in [2.45, 2.75) is 25.2 Å². The SMILES string of the molecule is O=C1NCC[C@@]12CN(Cc1ccccc1)CCC21OCCO1. The van der Waals surface area contributed by atoms with Crippen LogP contribution < -0.4 is 5.32 Å². The van der Waals surface area contributed by atoms with Crippen LogP contribution in [0.25, 0.3) is 0 Å². The number of fused-ring (bicyclic) bond motifs is 1. The Morgan fingerprint density at radius 2 is 1.91 bits per heavy atom. The van der Waals surface area contributed by atoms with Crippen LogP contribution in [0, 0.1) is 5.41 Å². The van der Waals surface area contributed by atoms with Crippen LogP contribution in [0.1, 0.15) is 18.4 Å². The Labute approximate surface area is 130 Å². The highest BCUT2D eigenvalue weighted by molar-refractivity contribution is 5.86. The fourth-order valence-electron chi connectivity index (χ4n) is 4.16. The van der Waals surface area contributed by atoms with Gasteiger partial charge in [0, 0.05) is 32.6 Å². The Kier molecular flexibility index (Phi) is 3.44. The highest BCUT2D eigenvalue weighted by atomic mass is 16.7. The fraction of sp³-hybridized carbons (Fsp3) is 0.588. The van der Waals surface area contributed by atoms with E-state index in [-0.39, 0.29) is 5.91 Å². The van der Waals surface area contributed by atoms with Gasteiger partial charge in [0.05, 0.1) is 13.2 Å². The van der Waals surface area contributed by atoms with E-state index in [4.69, 9.17) is 9.47 Å². The van der Waals surface area contributed by atoms with Crippen molar-refractivity contribution in [3.63, 3.8) is 0 Å². The van der Waals surface area contributed by atoms with Crippen molar-refractivity contribution >= 4 is 5.91 Å². The van der Waals surface area contributed by atoms with Crippen LogP contribution in [0.5, 0.6) is 0 Å². The Balaban J connectivity index is 1.59. The molecule has 0 saturated carbocycles. The molecule has 0 bridgehead atoms. The zero-order valence-corrected chi connectivity index (χ0v) is 12.7. The molecular formula is C17H22N2O3. The van der Waals surface area contributed by atoms with Crippen molar-refractivity contribution in [3.8, 4) is 0 Å². The van der Waals surface area contributed by atoms with Crippen LogP contribution in [-0.4, -0.2) is 49.4 Å². The molecule has 0 aliphatic carbocycles. The first-order valence-corrected chi connectivity index (χ1v) is 8.07. The lowest BCUT2D eigenvalue weighted by Gasteiger charge is -2.49. The minimum Gasteiger partial charge on any atom is -0.355 e. The van der Waals surface area contributed by atoms with Gasteiger partial charge < -0.3 is 14.8 Å². The summed E-state index contributed by atoms with van der Waals surface area (Å²) < 4.78 is 12.0. The predicted octanol–water partition coefficient (Wildman–Crippen LogP) is 1.14. The average molecular weight is 302 g/mol. The van der Waals surface area contributed by atoms with Gasteiger partial charge in [-0.2, -0.15) is 0 Å². The molecule has 4 rings (SSSR count). The Hall–Kier alpha value is -1.43. The summed E-state index contributed by atoms with van der Waals surface area (Å²) in [6.45, 7) is 4.36. The molecule has 0 unspecified atom stereocenters. The minimum absolute atomic E-state index is 0.0900. The van der Waals surface area contributed by atoms with Crippen molar-refractivity contribution < 1.29 is 14.3 Å². The maximum absolute atomic E-state index is 12.6. The zero-order valence-electron chi connectivity index (χ0n) is 12.7. The number of hydrogen-bond donors (Lipinski definition) is 1. The second-order valence-corrected chi connectivity index (χ2v) is 6.48. The maximum Gasteiger partial charge on any atom is 0.233 e. The summed E-state index contributed by atoms with van der Waals surface area (Å²) in [5, 5.41) is 2.99. The van der Waals surface area contributed by atoms with Crippen molar-refractivity contribution in [2.24, 2.45) is 5.41 Å². The van der Waals surface area contributed by atoms with Crippen LogP contribution >= 0.6 is 0 Å². The van der Waals surface area contributed by atoms with Gasteiger partial charge in [0.1, 0.15) is 5.41 Å². The van der Waals surface area contributed by atoms with Crippen molar-refractivity contribution in [3.05, 3.63) is 35.9 Å². The number of nitrogens with zero attached hydrogens (tertiary/aromatic N) is 1. The first kappa shape index (κ1) is 14.2. The number of ether oxygens (including phenoxy) is 2. The van der Waals surface area contributed by atoms with Crippen LogP contribution in [0.2, 0.25) is 0 Å². The molecule has 0 aromatic heterocycles. The van der Waals surface area contributed by atoms with Crippen LogP contribution in [0.15, 0.2) is 30.3 Å². The smallest absolute Gasteiger partial charge is 0.233 e. The van der Waals surface area contributed by atoms with Gasteiger partial charge in [-0.05, 0) is 12.0 Å². The fourth-order valence-corrected chi connectivity index (χ4v) is 4.16. The quantitative estimate of drug-likeness (QED) is 0.890. The number of carbonyl (C=O) groups excluding carboxylic acids is 1. The molecule has 5 heteroatoms. The van der Waals surface area contributed by atoms with Gasteiger partial charge in [-0.1, -0.05) is 30.3 Å². The molecule has 5 nitrogen and oxygen atoms in total. The van der Waals surface area contributed by atoms with E-state index in [1.165, 1.54) is 5.56 Å². The lowest BCUT2D eigenvalue weighted by Crippen LogP contribution is -2.63. The summed E-state index contributed by atoms with van der Waals surface area (Å²) in [6.07, 6.45) is 1.55. The summed E-state index contributed by atoms with van der Waals surface area (Å²) in [4.78, 5) is 15.0. The summed E-state index contributed by atoms with van der Waals surface area (Å²) in [6, 6.07) is 10.4. The number of amides is 1. The molecule has 22 heavy (non-hydrogen) atoms. The van der Waals surface area contributed by atoms with E-state index in [9.17, 15) is 4.79 Å². The maximum atomic E-state index is 12.6. The Bertz CT molecular complexity index is 556. The molecule has 1 aromatic rings. The molecule has 118 valence electrons. The second-order valence-electron chi connectivity index (χ2n) is 6.48. The monoisotopic (exact) mass is 302 g/mol. The summed E-state index contributed by atoms with van der Waals surface area (Å²) >= 11 is 0. The zero-order chi connectivity index (χ0) is 15.0. The number of rotatable bonds is 2. The van der Waals surface area contributed by atoms with Gasteiger partial charge in [0.2, 0.25) is 5.91 Å². The average Bonchev–Trinajstić information content (AvgIpc) is 3.14. The third-order valence-electron chi connectivity index (χ3n) is 5.25. The lowest BCUT2D eigenvalue weighted by atomic mass is 9.72. The molecule has 1 atom stereocenters. The van der Waals surface area contributed by atoms with Gasteiger partial charge in [-0.15, -0.1) is 0 Å². The molecule has 1 N–H and O–H groups in total. The van der Waals surface area contributed by atoms with Gasteiger partial charge in [-0.25, -0.2) is 0 Å². The van der Waals surface area contributed by atoms with Crippen molar-refractivity contribution in [1.29, 1.82) is 0 Å². The van der Waals surface area contributed by atoms with Crippen molar-refractivity contribution in [1.82, 2.24) is 10.2 Å². The lowest BCUT2D eigenvalue weighted by molar-refractivity contribution is -0.255. The highest BCUT2D eigenvalue weighted by Crippen LogP contribution is 2.49. The van der Waals surface area contributed by atoms with E-state index in [0.29, 0.717) is 26.3 Å².